The monoisotopic (exact) mass is 639 g/mol. The van der Waals surface area contributed by atoms with Crippen molar-refractivity contribution in [1.29, 1.82) is 0 Å². The molecule has 3 N–H and O–H groups in total. The second-order valence-corrected chi connectivity index (χ2v) is 12.0. The first-order valence-electron chi connectivity index (χ1n) is 16.4. The molecule has 10 heteroatoms. The Labute approximate surface area is 277 Å². The summed E-state index contributed by atoms with van der Waals surface area (Å²) in [6, 6.07) is 21.8. The first-order valence-corrected chi connectivity index (χ1v) is 16.4. The highest BCUT2D eigenvalue weighted by molar-refractivity contribution is 6.04. The minimum Gasteiger partial charge on any atom is -0.497 e. The highest BCUT2D eigenvalue weighted by Gasteiger charge is 2.30. The SMILES string of the molecule is COc1ccc(C(=O)N(CCN2CCOCC2)CC(=O)N(c2ccc(C=CC(=O)Nc3ccccc3N)cc2)C2CCCCC2)cc1. The lowest BCUT2D eigenvalue weighted by atomic mass is 9.93. The van der Waals surface area contributed by atoms with E-state index >= 15 is 0 Å². The van der Waals surface area contributed by atoms with Gasteiger partial charge in [-0.3, -0.25) is 19.3 Å². The molecule has 1 aliphatic carbocycles. The normalized spacial score (nSPS) is 15.7. The number of carbonyl (C=O) groups is 3. The van der Waals surface area contributed by atoms with E-state index in [2.05, 4.69) is 10.2 Å². The molecule has 1 heterocycles. The third-order valence-corrected chi connectivity index (χ3v) is 8.77. The number of hydrogen-bond donors (Lipinski definition) is 2. The van der Waals surface area contributed by atoms with Crippen LogP contribution in [-0.2, 0) is 14.3 Å². The largest absolute Gasteiger partial charge is 0.497 e. The number of morpholine rings is 1. The van der Waals surface area contributed by atoms with Crippen LogP contribution in [0.4, 0.5) is 17.1 Å². The predicted molar refractivity (Wildman–Crippen MR) is 185 cm³/mol. The summed E-state index contributed by atoms with van der Waals surface area (Å²) in [7, 11) is 1.59. The lowest BCUT2D eigenvalue weighted by Gasteiger charge is -2.36. The Balaban J connectivity index is 1.32. The fourth-order valence-electron chi connectivity index (χ4n) is 6.10. The first-order chi connectivity index (χ1) is 22.9. The molecule has 0 unspecified atom stereocenters. The lowest BCUT2D eigenvalue weighted by Crippen LogP contribution is -2.50. The molecule has 1 saturated heterocycles. The maximum absolute atomic E-state index is 14.2. The molecule has 0 radical (unpaired) electrons. The van der Waals surface area contributed by atoms with Gasteiger partial charge in [-0.25, -0.2) is 0 Å². The Hall–Kier alpha value is -4.67. The molecule has 248 valence electrons. The molecule has 2 fully saturated rings. The number of nitrogen functional groups attached to an aromatic ring is 1. The van der Waals surface area contributed by atoms with Crippen molar-refractivity contribution in [1.82, 2.24) is 9.80 Å². The van der Waals surface area contributed by atoms with Crippen molar-refractivity contribution in [3.63, 3.8) is 0 Å². The molecule has 3 aromatic carbocycles. The number of benzene rings is 3. The summed E-state index contributed by atoms with van der Waals surface area (Å²) in [6.07, 6.45) is 8.28. The number of amides is 3. The van der Waals surface area contributed by atoms with Gasteiger partial charge in [-0.2, -0.15) is 0 Å². The highest BCUT2D eigenvalue weighted by Crippen LogP contribution is 2.29. The number of para-hydroxylation sites is 2. The molecule has 10 nitrogen and oxygen atoms in total. The summed E-state index contributed by atoms with van der Waals surface area (Å²) < 4.78 is 10.8. The van der Waals surface area contributed by atoms with Gasteiger partial charge in [0, 0.05) is 49.5 Å². The van der Waals surface area contributed by atoms with Gasteiger partial charge in [0.25, 0.3) is 5.91 Å². The van der Waals surface area contributed by atoms with E-state index < -0.39 is 0 Å². The molecule has 0 spiro atoms. The van der Waals surface area contributed by atoms with E-state index in [0.717, 1.165) is 56.4 Å². The molecular formula is C37H45N5O5. The zero-order valence-electron chi connectivity index (χ0n) is 27.1. The minimum absolute atomic E-state index is 0.0316. The van der Waals surface area contributed by atoms with Crippen molar-refractivity contribution in [2.75, 3.05) is 69.0 Å². The van der Waals surface area contributed by atoms with Crippen molar-refractivity contribution in [2.24, 2.45) is 0 Å². The number of rotatable bonds is 12. The van der Waals surface area contributed by atoms with E-state index in [1.807, 2.05) is 41.3 Å². The summed E-state index contributed by atoms with van der Waals surface area (Å²) in [6.45, 7) is 3.99. The predicted octanol–water partition coefficient (Wildman–Crippen LogP) is 5.07. The van der Waals surface area contributed by atoms with E-state index in [9.17, 15) is 14.4 Å². The molecule has 0 atom stereocenters. The second kappa shape index (κ2) is 16.8. The Morgan fingerprint density at radius 2 is 1.66 bits per heavy atom. The summed E-state index contributed by atoms with van der Waals surface area (Å²) >= 11 is 0. The number of hydrogen-bond acceptors (Lipinski definition) is 7. The first kappa shape index (κ1) is 33.7. The van der Waals surface area contributed by atoms with Gasteiger partial charge in [0.15, 0.2) is 0 Å². The summed E-state index contributed by atoms with van der Waals surface area (Å²) in [5.41, 5.74) is 9.12. The van der Waals surface area contributed by atoms with Crippen molar-refractivity contribution in [3.8, 4) is 5.75 Å². The van der Waals surface area contributed by atoms with Crippen LogP contribution in [0.25, 0.3) is 6.08 Å². The van der Waals surface area contributed by atoms with Crippen LogP contribution < -0.4 is 20.7 Å². The average molecular weight is 640 g/mol. The van der Waals surface area contributed by atoms with Crippen molar-refractivity contribution in [3.05, 3.63) is 90.0 Å². The number of anilines is 3. The maximum Gasteiger partial charge on any atom is 0.254 e. The van der Waals surface area contributed by atoms with Gasteiger partial charge < -0.3 is 30.3 Å². The Morgan fingerprint density at radius 1 is 0.957 bits per heavy atom. The second-order valence-electron chi connectivity index (χ2n) is 12.0. The zero-order valence-corrected chi connectivity index (χ0v) is 27.1. The fraction of sp³-hybridized carbons (Fsp3) is 0.378. The highest BCUT2D eigenvalue weighted by atomic mass is 16.5. The van der Waals surface area contributed by atoms with Gasteiger partial charge in [-0.05, 0) is 73.0 Å². The van der Waals surface area contributed by atoms with Crippen molar-refractivity contribution < 1.29 is 23.9 Å². The van der Waals surface area contributed by atoms with Crippen LogP contribution in [0, 0.1) is 0 Å². The Bertz CT molecular complexity index is 1510. The van der Waals surface area contributed by atoms with E-state index in [0.29, 0.717) is 49.0 Å². The number of nitrogens with zero attached hydrogens (tertiary/aromatic N) is 3. The summed E-state index contributed by atoms with van der Waals surface area (Å²) in [4.78, 5) is 46.4. The van der Waals surface area contributed by atoms with Crippen LogP contribution in [0.5, 0.6) is 5.75 Å². The van der Waals surface area contributed by atoms with Crippen LogP contribution in [0.1, 0.15) is 48.0 Å². The zero-order chi connectivity index (χ0) is 33.0. The number of nitrogens with one attached hydrogen (secondary N) is 1. The minimum atomic E-state index is -0.287. The van der Waals surface area contributed by atoms with Gasteiger partial charge in [-0.15, -0.1) is 0 Å². The van der Waals surface area contributed by atoms with Gasteiger partial charge >= 0.3 is 0 Å². The van der Waals surface area contributed by atoms with E-state index in [1.54, 1.807) is 54.5 Å². The molecular weight excluding hydrogens is 594 g/mol. The molecule has 3 amide bonds. The quantitative estimate of drug-likeness (QED) is 0.210. The molecule has 1 aliphatic heterocycles. The molecule has 0 aromatic heterocycles. The standard InChI is InChI=1S/C37H45N5O5/c1-46-32-18-14-29(15-19-32)37(45)41(22-21-40-23-25-47-26-24-40)27-36(44)42(30-7-3-2-4-8-30)31-16-11-28(12-17-31)13-20-35(43)39-34-10-6-5-9-33(34)38/h5-6,9-20,30H,2-4,7-8,21-27,38H2,1H3,(H,39,43). The fourth-order valence-corrected chi connectivity index (χ4v) is 6.10. The van der Waals surface area contributed by atoms with Crippen molar-refractivity contribution >= 4 is 40.9 Å². The molecule has 47 heavy (non-hydrogen) atoms. The lowest BCUT2D eigenvalue weighted by molar-refractivity contribution is -0.120. The molecule has 0 bridgehead atoms. The Morgan fingerprint density at radius 3 is 2.34 bits per heavy atom. The van der Waals surface area contributed by atoms with E-state index in [-0.39, 0.29) is 30.3 Å². The van der Waals surface area contributed by atoms with Gasteiger partial charge in [0.2, 0.25) is 11.8 Å². The third kappa shape index (κ3) is 9.43. The number of methoxy groups -OCH3 is 1. The van der Waals surface area contributed by atoms with Crippen LogP contribution in [-0.4, -0.2) is 86.6 Å². The Kier molecular flexibility index (Phi) is 12.0. The van der Waals surface area contributed by atoms with Gasteiger partial charge in [0.1, 0.15) is 12.3 Å². The number of nitrogens with two attached hydrogens (primary N) is 1. The van der Waals surface area contributed by atoms with Crippen LogP contribution in [0.3, 0.4) is 0 Å². The molecule has 3 aromatic rings. The maximum atomic E-state index is 14.2. The van der Waals surface area contributed by atoms with E-state index in [4.69, 9.17) is 15.2 Å². The van der Waals surface area contributed by atoms with Crippen LogP contribution >= 0.6 is 0 Å². The molecule has 5 rings (SSSR count). The summed E-state index contributed by atoms with van der Waals surface area (Å²) in [5.74, 6) is 0.0863. The number of carbonyl (C=O) groups excluding carboxylic acids is 3. The van der Waals surface area contributed by atoms with Crippen LogP contribution in [0.15, 0.2) is 78.9 Å². The topological polar surface area (TPSA) is 117 Å². The third-order valence-electron chi connectivity index (χ3n) is 8.77. The van der Waals surface area contributed by atoms with Crippen LogP contribution in [0.2, 0.25) is 0 Å². The van der Waals surface area contributed by atoms with Gasteiger partial charge in [0.05, 0.1) is 31.7 Å². The average Bonchev–Trinajstić information content (AvgIpc) is 3.11. The number of ether oxygens (including phenoxy) is 2. The molecule has 1 saturated carbocycles. The van der Waals surface area contributed by atoms with E-state index in [1.165, 1.54) is 6.08 Å². The smallest absolute Gasteiger partial charge is 0.254 e. The molecule has 2 aliphatic rings. The van der Waals surface area contributed by atoms with Crippen molar-refractivity contribution in [2.45, 2.75) is 38.1 Å². The van der Waals surface area contributed by atoms with Gasteiger partial charge in [-0.1, -0.05) is 43.5 Å². The summed E-state index contributed by atoms with van der Waals surface area (Å²) in [5, 5.41) is 2.79.